The third-order valence-electron chi connectivity index (χ3n) is 4.04. The van der Waals surface area contributed by atoms with Gasteiger partial charge in [0.05, 0.1) is 0 Å². The average molecular weight is 290 g/mol. The highest BCUT2D eigenvalue weighted by Crippen LogP contribution is 2.34. The van der Waals surface area contributed by atoms with Crippen molar-refractivity contribution in [2.75, 3.05) is 6.54 Å². The SMILES string of the molecule is O=C1CCC2CC1=C(Cl)C(=O)N(Cc1ccccc1)C2. The highest BCUT2D eigenvalue weighted by atomic mass is 35.5. The molecule has 1 atom stereocenters. The van der Waals surface area contributed by atoms with E-state index in [2.05, 4.69) is 0 Å². The van der Waals surface area contributed by atoms with Crippen molar-refractivity contribution in [2.45, 2.75) is 25.8 Å². The van der Waals surface area contributed by atoms with Crippen molar-refractivity contribution in [3.8, 4) is 0 Å². The van der Waals surface area contributed by atoms with Crippen LogP contribution in [0.25, 0.3) is 0 Å². The third-order valence-corrected chi connectivity index (χ3v) is 4.43. The summed E-state index contributed by atoms with van der Waals surface area (Å²) in [6.45, 7) is 1.23. The molecule has 0 N–H and O–H groups in total. The Kier molecular flexibility index (Phi) is 3.62. The van der Waals surface area contributed by atoms with Gasteiger partial charge in [-0.15, -0.1) is 0 Å². The zero-order valence-electron chi connectivity index (χ0n) is 11.1. The smallest absolute Gasteiger partial charge is 0.266 e. The van der Waals surface area contributed by atoms with Gasteiger partial charge in [0, 0.05) is 25.1 Å². The van der Waals surface area contributed by atoms with Crippen molar-refractivity contribution in [3.05, 3.63) is 46.5 Å². The number of carbonyl (C=O) groups excluding carboxylic acids is 2. The molecule has 1 aromatic rings. The van der Waals surface area contributed by atoms with Crippen LogP contribution in [-0.4, -0.2) is 23.1 Å². The Balaban J connectivity index is 1.88. The largest absolute Gasteiger partial charge is 0.333 e. The Bertz CT molecular complexity index is 579. The lowest BCUT2D eigenvalue weighted by molar-refractivity contribution is -0.127. The van der Waals surface area contributed by atoms with Crippen molar-refractivity contribution in [1.29, 1.82) is 0 Å². The Morgan fingerprint density at radius 2 is 1.95 bits per heavy atom. The van der Waals surface area contributed by atoms with Crippen LogP contribution in [-0.2, 0) is 16.1 Å². The van der Waals surface area contributed by atoms with Gasteiger partial charge in [0.25, 0.3) is 5.91 Å². The van der Waals surface area contributed by atoms with Crippen molar-refractivity contribution < 1.29 is 9.59 Å². The van der Waals surface area contributed by atoms with E-state index in [9.17, 15) is 9.59 Å². The molecule has 0 spiro atoms. The Hall–Kier alpha value is -1.61. The number of benzene rings is 1. The number of nitrogens with zero attached hydrogens (tertiary/aromatic N) is 1. The number of allylic oxidation sites excluding steroid dienone is 1. The number of hydrogen-bond acceptors (Lipinski definition) is 2. The van der Waals surface area contributed by atoms with Gasteiger partial charge in [-0.05, 0) is 24.3 Å². The van der Waals surface area contributed by atoms with E-state index in [1.165, 1.54) is 0 Å². The standard InChI is InChI=1S/C16H16ClNO2/c17-15-13-8-12(6-7-14(13)19)10-18(16(15)20)9-11-4-2-1-3-5-11/h1-5,12H,6-10H2. The summed E-state index contributed by atoms with van der Waals surface area (Å²) in [6.07, 6.45) is 2.02. The number of amides is 1. The molecule has 1 fully saturated rings. The highest BCUT2D eigenvalue weighted by molar-refractivity contribution is 6.44. The van der Waals surface area contributed by atoms with E-state index in [0.29, 0.717) is 37.4 Å². The predicted molar refractivity (Wildman–Crippen MR) is 77.1 cm³/mol. The lowest BCUT2D eigenvalue weighted by Crippen LogP contribution is -2.33. The number of rotatable bonds is 2. The first kappa shape index (κ1) is 13.4. The summed E-state index contributed by atoms with van der Waals surface area (Å²) in [5.74, 6) is 0.191. The van der Waals surface area contributed by atoms with Gasteiger partial charge in [-0.1, -0.05) is 41.9 Å². The van der Waals surface area contributed by atoms with E-state index in [0.717, 1.165) is 12.0 Å². The molecular weight excluding hydrogens is 274 g/mol. The lowest BCUT2D eigenvalue weighted by Gasteiger charge is -2.26. The summed E-state index contributed by atoms with van der Waals surface area (Å²) < 4.78 is 0. The Morgan fingerprint density at radius 3 is 2.70 bits per heavy atom. The van der Waals surface area contributed by atoms with E-state index in [1.807, 2.05) is 30.3 Å². The molecule has 0 radical (unpaired) electrons. The summed E-state index contributed by atoms with van der Waals surface area (Å²) in [6, 6.07) is 9.86. The van der Waals surface area contributed by atoms with Crippen LogP contribution in [0.5, 0.6) is 0 Å². The van der Waals surface area contributed by atoms with Crippen LogP contribution < -0.4 is 0 Å². The molecule has 1 saturated carbocycles. The molecule has 1 aliphatic heterocycles. The summed E-state index contributed by atoms with van der Waals surface area (Å²) in [7, 11) is 0. The van der Waals surface area contributed by atoms with Crippen LogP contribution in [0.4, 0.5) is 0 Å². The summed E-state index contributed by atoms with van der Waals surface area (Å²) in [5.41, 5.74) is 1.63. The third kappa shape index (κ3) is 2.50. The number of halogens is 1. The number of Topliss-reactive ketones (excluding diaryl/α,β-unsaturated/α-hetero) is 1. The molecule has 2 bridgehead atoms. The first-order valence-corrected chi connectivity index (χ1v) is 7.28. The molecule has 3 nitrogen and oxygen atoms in total. The summed E-state index contributed by atoms with van der Waals surface area (Å²) in [4.78, 5) is 26.1. The van der Waals surface area contributed by atoms with Gasteiger partial charge in [0.1, 0.15) is 5.03 Å². The first-order valence-electron chi connectivity index (χ1n) is 6.90. The van der Waals surface area contributed by atoms with Crippen LogP contribution >= 0.6 is 11.6 Å². The number of carbonyl (C=O) groups is 2. The minimum atomic E-state index is -0.205. The second-order valence-corrected chi connectivity index (χ2v) is 5.87. The highest BCUT2D eigenvalue weighted by Gasteiger charge is 2.34. The lowest BCUT2D eigenvalue weighted by atomic mass is 9.85. The Morgan fingerprint density at radius 1 is 1.20 bits per heavy atom. The second kappa shape index (κ2) is 5.41. The molecule has 0 saturated heterocycles. The van der Waals surface area contributed by atoms with Crippen molar-refractivity contribution in [1.82, 2.24) is 4.90 Å². The van der Waals surface area contributed by atoms with Crippen molar-refractivity contribution >= 4 is 23.3 Å². The molecule has 20 heavy (non-hydrogen) atoms. The predicted octanol–water partition coefficient (Wildman–Crippen LogP) is 2.89. The van der Waals surface area contributed by atoms with Crippen LogP contribution in [0, 0.1) is 5.92 Å². The van der Waals surface area contributed by atoms with Crippen molar-refractivity contribution in [2.24, 2.45) is 5.92 Å². The van der Waals surface area contributed by atoms with Gasteiger partial charge in [-0.25, -0.2) is 0 Å². The minimum absolute atomic E-state index is 0.0427. The fourth-order valence-corrected chi connectivity index (χ4v) is 3.26. The number of fused-ring (bicyclic) bond motifs is 2. The minimum Gasteiger partial charge on any atom is -0.333 e. The molecule has 1 aliphatic carbocycles. The van der Waals surface area contributed by atoms with Crippen LogP contribution in [0.2, 0.25) is 0 Å². The van der Waals surface area contributed by atoms with Crippen LogP contribution in [0.3, 0.4) is 0 Å². The van der Waals surface area contributed by atoms with Gasteiger partial charge < -0.3 is 4.90 Å². The van der Waals surface area contributed by atoms with E-state index < -0.39 is 0 Å². The van der Waals surface area contributed by atoms with E-state index in [1.54, 1.807) is 4.90 Å². The average Bonchev–Trinajstić information content (AvgIpc) is 2.56. The van der Waals surface area contributed by atoms with E-state index in [-0.39, 0.29) is 16.7 Å². The molecule has 1 heterocycles. The zero-order valence-corrected chi connectivity index (χ0v) is 11.9. The van der Waals surface area contributed by atoms with Gasteiger partial charge in [0.2, 0.25) is 0 Å². The van der Waals surface area contributed by atoms with Crippen LogP contribution in [0.1, 0.15) is 24.8 Å². The Labute approximate surface area is 123 Å². The quantitative estimate of drug-likeness (QED) is 0.839. The monoisotopic (exact) mass is 289 g/mol. The van der Waals surface area contributed by atoms with E-state index in [4.69, 9.17) is 11.6 Å². The maximum atomic E-state index is 12.4. The van der Waals surface area contributed by atoms with Gasteiger partial charge in [-0.2, -0.15) is 0 Å². The summed E-state index contributed by atoms with van der Waals surface area (Å²) >= 11 is 6.16. The normalized spacial score (nSPS) is 23.1. The molecule has 3 rings (SSSR count). The fraction of sp³-hybridized carbons (Fsp3) is 0.375. The molecule has 1 unspecified atom stereocenters. The zero-order chi connectivity index (χ0) is 14.1. The molecule has 2 aliphatic rings. The molecular formula is C16H16ClNO2. The molecule has 104 valence electrons. The van der Waals surface area contributed by atoms with E-state index >= 15 is 0 Å². The van der Waals surface area contributed by atoms with Crippen molar-refractivity contribution in [3.63, 3.8) is 0 Å². The fourth-order valence-electron chi connectivity index (χ4n) is 2.96. The topological polar surface area (TPSA) is 37.4 Å². The maximum absolute atomic E-state index is 12.4. The number of ketones is 1. The van der Waals surface area contributed by atoms with Gasteiger partial charge in [0.15, 0.2) is 5.78 Å². The molecule has 0 aromatic heterocycles. The first-order chi connectivity index (χ1) is 9.65. The van der Waals surface area contributed by atoms with Crippen LogP contribution in [0.15, 0.2) is 40.9 Å². The molecule has 1 amide bonds. The maximum Gasteiger partial charge on any atom is 0.266 e. The second-order valence-electron chi connectivity index (χ2n) is 5.50. The number of hydrogen-bond donors (Lipinski definition) is 0. The summed E-state index contributed by atoms with van der Waals surface area (Å²) in [5, 5.41) is 0.133. The van der Waals surface area contributed by atoms with Gasteiger partial charge in [-0.3, -0.25) is 9.59 Å². The molecule has 1 aromatic carbocycles. The molecule has 4 heteroatoms. The van der Waals surface area contributed by atoms with Gasteiger partial charge >= 0.3 is 0 Å².